The molecule has 0 radical (unpaired) electrons. The molecule has 4 unspecified atom stereocenters. The summed E-state index contributed by atoms with van der Waals surface area (Å²) in [6.45, 7) is -0.569. The van der Waals surface area contributed by atoms with E-state index in [2.05, 4.69) is 5.32 Å². The summed E-state index contributed by atoms with van der Waals surface area (Å²) >= 11 is 0. The van der Waals surface area contributed by atoms with Crippen molar-refractivity contribution in [1.82, 2.24) is 5.32 Å². The Morgan fingerprint density at radius 1 is 0.955 bits per heavy atom. The van der Waals surface area contributed by atoms with Crippen LogP contribution in [-0.2, 0) is 9.59 Å². The fourth-order valence-electron chi connectivity index (χ4n) is 1.04. The van der Waals surface area contributed by atoms with Crippen molar-refractivity contribution < 1.29 is 45.3 Å². The molecule has 0 spiro atoms. The third-order valence-corrected chi connectivity index (χ3v) is 2.11. The Morgan fingerprint density at radius 2 is 1.32 bits per heavy atom. The molecule has 0 amide bonds. The van der Waals surface area contributed by atoms with Crippen molar-refractivity contribution in [3.05, 3.63) is 12.2 Å². The minimum Gasteiger partial charge on any atom is -0.478 e. The molecule has 0 rings (SSSR count). The molecule has 11 heteroatoms. The summed E-state index contributed by atoms with van der Waals surface area (Å²) in [4.78, 5) is 19.1. The first kappa shape index (κ1) is 25.9. The molecule has 10 nitrogen and oxygen atoms in total. The number of carboxylic acids is 2. The lowest BCUT2D eigenvalue weighted by Crippen LogP contribution is -2.48. The van der Waals surface area contributed by atoms with Crippen LogP contribution in [0.25, 0.3) is 0 Å². The second-order valence-corrected chi connectivity index (χ2v) is 3.87. The smallest absolute Gasteiger partial charge is 0.328 e. The van der Waals surface area contributed by atoms with Crippen LogP contribution < -0.4 is 5.32 Å². The molecule has 0 aromatic rings. The molecule has 0 aliphatic heterocycles. The molecule has 0 heterocycles. The Morgan fingerprint density at radius 3 is 1.59 bits per heavy atom. The average molecular weight is 392 g/mol. The number of hydrogen-bond donors (Lipinski definition) is 8. The molecule has 4 atom stereocenters. The quantitative estimate of drug-likeness (QED) is 0.197. The van der Waals surface area contributed by atoms with E-state index in [0.29, 0.717) is 12.2 Å². The zero-order valence-corrected chi connectivity index (χ0v) is 13.4. The van der Waals surface area contributed by atoms with Crippen LogP contribution in [0.3, 0.4) is 0 Å². The number of aliphatic hydroxyl groups is 5. The van der Waals surface area contributed by atoms with E-state index in [1.165, 1.54) is 0 Å². The van der Waals surface area contributed by atoms with E-state index in [0.717, 1.165) is 0 Å². The highest BCUT2D eigenvalue weighted by Gasteiger charge is 2.29. The van der Waals surface area contributed by atoms with Gasteiger partial charge in [0.2, 0.25) is 0 Å². The molecule has 22 heavy (non-hydrogen) atoms. The molecule has 0 saturated heterocycles. The van der Waals surface area contributed by atoms with Crippen molar-refractivity contribution in [2.75, 3.05) is 20.2 Å². The third kappa shape index (κ3) is 13.9. The highest BCUT2D eigenvalue weighted by molar-refractivity contribution is 8.93. The second kappa shape index (κ2) is 14.8. The van der Waals surface area contributed by atoms with Crippen LogP contribution in [0.1, 0.15) is 0 Å². The van der Waals surface area contributed by atoms with Gasteiger partial charge in [0.1, 0.15) is 18.3 Å². The minimum atomic E-state index is -1.55. The number of aliphatic hydroxyl groups excluding tert-OH is 5. The summed E-state index contributed by atoms with van der Waals surface area (Å²) in [5, 5.41) is 63.1. The van der Waals surface area contributed by atoms with Gasteiger partial charge in [0.05, 0.1) is 12.7 Å². The van der Waals surface area contributed by atoms with Crippen molar-refractivity contribution in [3.8, 4) is 0 Å². The summed E-state index contributed by atoms with van der Waals surface area (Å²) < 4.78 is 0. The maximum Gasteiger partial charge on any atom is 0.328 e. The van der Waals surface area contributed by atoms with Gasteiger partial charge in [0.25, 0.3) is 0 Å². The van der Waals surface area contributed by atoms with Gasteiger partial charge in [-0.15, -0.1) is 17.0 Å². The number of aliphatic carboxylic acids is 2. The SMILES string of the molecule is Br.CNCC(O)C(O)C(O)C(O)CO.O=C(O)/C=C\C(=O)O. The van der Waals surface area contributed by atoms with E-state index < -0.39 is 43.0 Å². The van der Waals surface area contributed by atoms with Crippen molar-refractivity contribution in [3.63, 3.8) is 0 Å². The van der Waals surface area contributed by atoms with Crippen molar-refractivity contribution in [1.29, 1.82) is 0 Å². The Kier molecular flexibility index (Phi) is 17.4. The molecule has 0 aliphatic carbocycles. The van der Waals surface area contributed by atoms with Crippen LogP contribution >= 0.6 is 17.0 Å². The number of nitrogens with one attached hydrogen (secondary N) is 1. The molecule has 132 valence electrons. The third-order valence-electron chi connectivity index (χ3n) is 2.11. The Bertz CT molecular complexity index is 324. The summed E-state index contributed by atoms with van der Waals surface area (Å²) in [5.74, 6) is -2.51. The van der Waals surface area contributed by atoms with Crippen molar-refractivity contribution >= 4 is 28.9 Å². The number of hydrogen-bond acceptors (Lipinski definition) is 8. The van der Waals surface area contributed by atoms with E-state index in [4.69, 9.17) is 30.6 Å². The number of halogens is 1. The summed E-state index contributed by atoms with van der Waals surface area (Å²) in [6.07, 6.45) is -4.53. The van der Waals surface area contributed by atoms with Crippen LogP contribution in [0.5, 0.6) is 0 Å². The van der Waals surface area contributed by atoms with Crippen molar-refractivity contribution in [2.45, 2.75) is 24.4 Å². The Hall–Kier alpha value is -1.08. The lowest BCUT2D eigenvalue weighted by atomic mass is 10.0. The van der Waals surface area contributed by atoms with Crippen LogP contribution in [0.15, 0.2) is 12.2 Å². The van der Waals surface area contributed by atoms with Crippen LogP contribution in [0.4, 0.5) is 0 Å². The van der Waals surface area contributed by atoms with E-state index in [-0.39, 0.29) is 23.5 Å². The van der Waals surface area contributed by atoms with Gasteiger partial charge in [-0.25, -0.2) is 9.59 Å². The van der Waals surface area contributed by atoms with Gasteiger partial charge in [0.15, 0.2) is 0 Å². The number of likely N-dealkylation sites (N-methyl/N-ethyl adjacent to an activating group) is 1. The average Bonchev–Trinajstić information content (AvgIpc) is 2.43. The maximum absolute atomic E-state index is 9.55. The summed E-state index contributed by atoms with van der Waals surface area (Å²) in [6, 6.07) is 0. The van der Waals surface area contributed by atoms with E-state index in [9.17, 15) is 14.7 Å². The largest absolute Gasteiger partial charge is 0.478 e. The lowest BCUT2D eigenvalue weighted by Gasteiger charge is -2.25. The number of rotatable bonds is 8. The first-order valence-electron chi connectivity index (χ1n) is 5.79. The molecule has 8 N–H and O–H groups in total. The van der Waals surface area contributed by atoms with Gasteiger partial charge >= 0.3 is 11.9 Å². The molecule has 0 aliphatic rings. The molecule has 0 aromatic carbocycles. The van der Waals surface area contributed by atoms with Crippen LogP contribution in [0, 0.1) is 0 Å². The zero-order valence-electron chi connectivity index (χ0n) is 11.7. The van der Waals surface area contributed by atoms with Crippen LogP contribution in [0.2, 0.25) is 0 Å². The number of carboxylic acid groups (broad SMARTS) is 2. The fourth-order valence-corrected chi connectivity index (χ4v) is 1.04. The highest BCUT2D eigenvalue weighted by atomic mass is 79.9. The van der Waals surface area contributed by atoms with E-state index in [1.807, 2.05) is 0 Å². The topological polar surface area (TPSA) is 188 Å². The molecular weight excluding hydrogens is 370 g/mol. The van der Waals surface area contributed by atoms with Crippen molar-refractivity contribution in [2.24, 2.45) is 0 Å². The second-order valence-electron chi connectivity index (χ2n) is 3.87. The normalized spacial score (nSPS) is 15.7. The van der Waals surface area contributed by atoms with Gasteiger partial charge < -0.3 is 41.1 Å². The first-order chi connectivity index (χ1) is 9.67. The number of carbonyl (C=O) groups is 2. The van der Waals surface area contributed by atoms with Gasteiger partial charge in [0, 0.05) is 18.7 Å². The molecule has 0 fully saturated rings. The van der Waals surface area contributed by atoms with E-state index >= 15 is 0 Å². The van der Waals surface area contributed by atoms with E-state index in [1.54, 1.807) is 7.05 Å². The Labute approximate surface area is 137 Å². The molecule has 0 aromatic heterocycles. The Balaban J connectivity index is -0.000000348. The van der Waals surface area contributed by atoms with Gasteiger partial charge in [-0.3, -0.25) is 0 Å². The fraction of sp³-hybridized carbons (Fsp3) is 0.636. The molecule has 0 bridgehead atoms. The maximum atomic E-state index is 9.55. The predicted octanol–water partition coefficient (Wildman–Crippen LogP) is -3.07. The standard InChI is InChI=1S/C7H17NO5.C4H4O4.BrH/c1-8-2-4(10)6(12)7(13)5(11)3-9;5-3(6)1-2-4(7)8;/h4-13H,2-3H2,1H3;1-2H,(H,5,6)(H,7,8);1H/b;2-1-;. The highest BCUT2D eigenvalue weighted by Crippen LogP contribution is 2.04. The van der Waals surface area contributed by atoms with Gasteiger partial charge in [-0.1, -0.05) is 0 Å². The summed E-state index contributed by atoms with van der Waals surface area (Å²) in [7, 11) is 1.57. The molecule has 0 saturated carbocycles. The summed E-state index contributed by atoms with van der Waals surface area (Å²) in [5.41, 5.74) is 0. The van der Waals surface area contributed by atoms with Crippen LogP contribution in [-0.4, -0.2) is 92.3 Å². The molecular formula is C11H22BrNO9. The van der Waals surface area contributed by atoms with Gasteiger partial charge in [-0.2, -0.15) is 0 Å². The zero-order chi connectivity index (χ0) is 17.0. The monoisotopic (exact) mass is 391 g/mol. The first-order valence-corrected chi connectivity index (χ1v) is 5.79. The lowest BCUT2D eigenvalue weighted by molar-refractivity contribution is -0.134. The predicted molar refractivity (Wildman–Crippen MR) is 79.8 cm³/mol. The minimum absolute atomic E-state index is 0. The van der Waals surface area contributed by atoms with Gasteiger partial charge in [-0.05, 0) is 7.05 Å².